The Morgan fingerprint density at radius 2 is 1.68 bits per heavy atom. The first-order valence-electron chi connectivity index (χ1n) is 9.61. The first-order chi connectivity index (χ1) is 15.0. The normalized spacial score (nSPS) is 10.8. The van der Waals surface area contributed by atoms with Gasteiger partial charge in [0.2, 0.25) is 11.0 Å². The summed E-state index contributed by atoms with van der Waals surface area (Å²) in [6.45, 7) is 3.99. The fraction of sp³-hybridized carbons (Fsp3) is 0.130. The predicted molar refractivity (Wildman–Crippen MR) is 127 cm³/mol. The van der Waals surface area contributed by atoms with Gasteiger partial charge in [0.25, 0.3) is 5.91 Å². The van der Waals surface area contributed by atoms with E-state index in [4.69, 9.17) is 0 Å². The van der Waals surface area contributed by atoms with Crippen molar-refractivity contribution in [2.24, 2.45) is 0 Å². The molecule has 4 aromatic rings. The summed E-state index contributed by atoms with van der Waals surface area (Å²) in [6, 6.07) is 19.3. The highest BCUT2D eigenvalue weighted by molar-refractivity contribution is 8.01. The third kappa shape index (κ3) is 5.28. The number of rotatable bonds is 6. The third-order valence-corrected chi connectivity index (χ3v) is 6.47. The van der Waals surface area contributed by atoms with Crippen LogP contribution in [0.25, 0.3) is 10.8 Å². The lowest BCUT2D eigenvalue weighted by Gasteiger charge is -2.06. The zero-order valence-corrected chi connectivity index (χ0v) is 18.6. The van der Waals surface area contributed by atoms with Crippen molar-refractivity contribution in [1.29, 1.82) is 0 Å². The van der Waals surface area contributed by atoms with Gasteiger partial charge < -0.3 is 5.32 Å². The number of carbonyl (C=O) groups is 2. The number of aryl methyl sites for hydroxylation is 2. The first kappa shape index (κ1) is 21.0. The number of nitrogens with one attached hydrogen (secondary N) is 2. The number of hydrogen-bond donors (Lipinski definition) is 2. The maximum atomic E-state index is 12.7. The van der Waals surface area contributed by atoms with Gasteiger partial charge in [0, 0.05) is 11.3 Å². The Morgan fingerprint density at radius 3 is 2.48 bits per heavy atom. The summed E-state index contributed by atoms with van der Waals surface area (Å²) in [4.78, 5) is 25.0. The molecule has 6 nitrogen and oxygen atoms in total. The van der Waals surface area contributed by atoms with Crippen LogP contribution in [0.3, 0.4) is 0 Å². The van der Waals surface area contributed by atoms with Crippen LogP contribution in [-0.2, 0) is 4.79 Å². The van der Waals surface area contributed by atoms with E-state index in [2.05, 4.69) is 26.9 Å². The van der Waals surface area contributed by atoms with E-state index in [0.717, 1.165) is 27.6 Å². The molecule has 0 aliphatic carbocycles. The molecule has 2 N–H and O–H groups in total. The van der Waals surface area contributed by atoms with Crippen molar-refractivity contribution in [3.05, 3.63) is 77.4 Å². The number of hydrogen-bond acceptors (Lipinski definition) is 6. The Balaban J connectivity index is 1.36. The predicted octanol–water partition coefficient (Wildman–Crippen LogP) is 5.29. The average molecular weight is 449 g/mol. The zero-order valence-electron chi connectivity index (χ0n) is 17.0. The molecule has 2 amide bonds. The highest BCUT2D eigenvalue weighted by Gasteiger charge is 2.14. The number of amides is 2. The molecule has 0 spiro atoms. The molecule has 1 aromatic heterocycles. The van der Waals surface area contributed by atoms with Gasteiger partial charge in [-0.15, -0.1) is 10.2 Å². The van der Waals surface area contributed by atoms with E-state index in [9.17, 15) is 9.59 Å². The summed E-state index contributed by atoms with van der Waals surface area (Å²) in [7, 11) is 0. The Labute approximate surface area is 188 Å². The van der Waals surface area contributed by atoms with E-state index in [0.29, 0.717) is 15.0 Å². The third-order valence-electron chi connectivity index (χ3n) is 4.49. The second-order valence-electron chi connectivity index (χ2n) is 7.07. The Morgan fingerprint density at radius 1 is 0.935 bits per heavy atom. The number of anilines is 2. The monoisotopic (exact) mass is 448 g/mol. The summed E-state index contributed by atoms with van der Waals surface area (Å²) < 4.78 is 0.615. The van der Waals surface area contributed by atoms with Crippen LogP contribution in [0.4, 0.5) is 10.8 Å². The Kier molecular flexibility index (Phi) is 6.29. The van der Waals surface area contributed by atoms with Crippen LogP contribution in [0.15, 0.2) is 65.0 Å². The van der Waals surface area contributed by atoms with E-state index in [1.54, 1.807) is 6.07 Å². The lowest BCUT2D eigenvalue weighted by molar-refractivity contribution is -0.113. The maximum absolute atomic E-state index is 12.7. The summed E-state index contributed by atoms with van der Waals surface area (Å²) in [5.41, 5.74) is 3.55. The number of thioether (sulfide) groups is 1. The van der Waals surface area contributed by atoms with Gasteiger partial charge in [-0.3, -0.25) is 14.9 Å². The molecule has 0 fully saturated rings. The first-order valence-corrected chi connectivity index (χ1v) is 11.4. The number of nitrogens with zero attached hydrogens (tertiary/aromatic N) is 2. The van der Waals surface area contributed by atoms with E-state index < -0.39 is 0 Å². The molecule has 0 atom stereocenters. The van der Waals surface area contributed by atoms with Crippen LogP contribution in [0.5, 0.6) is 0 Å². The van der Waals surface area contributed by atoms with E-state index >= 15 is 0 Å². The molecular formula is C23H20N4O2S2. The summed E-state index contributed by atoms with van der Waals surface area (Å²) in [6.07, 6.45) is 0. The minimum absolute atomic E-state index is 0.119. The summed E-state index contributed by atoms with van der Waals surface area (Å²) in [5.74, 6) is -0.151. The minimum Gasteiger partial charge on any atom is -0.325 e. The van der Waals surface area contributed by atoms with Crippen LogP contribution in [0.1, 0.15) is 21.5 Å². The molecule has 31 heavy (non-hydrogen) atoms. The van der Waals surface area contributed by atoms with Crippen molar-refractivity contribution in [1.82, 2.24) is 10.2 Å². The molecule has 0 unspecified atom stereocenters. The quantitative estimate of drug-likeness (QED) is 0.309. The van der Waals surface area contributed by atoms with Crippen molar-refractivity contribution in [2.45, 2.75) is 18.2 Å². The van der Waals surface area contributed by atoms with Gasteiger partial charge in [-0.25, -0.2) is 0 Å². The van der Waals surface area contributed by atoms with Crippen LogP contribution in [0, 0.1) is 13.8 Å². The zero-order chi connectivity index (χ0) is 21.8. The van der Waals surface area contributed by atoms with Crippen LogP contribution >= 0.6 is 23.1 Å². The number of benzene rings is 3. The minimum atomic E-state index is -0.239. The largest absolute Gasteiger partial charge is 0.325 e. The molecule has 8 heteroatoms. The van der Waals surface area contributed by atoms with E-state index in [1.165, 1.54) is 23.1 Å². The number of aromatic nitrogens is 2. The van der Waals surface area contributed by atoms with Gasteiger partial charge in [-0.2, -0.15) is 0 Å². The molecule has 0 radical (unpaired) electrons. The van der Waals surface area contributed by atoms with Crippen molar-refractivity contribution in [3.8, 4) is 0 Å². The maximum Gasteiger partial charge on any atom is 0.258 e. The molecular weight excluding hydrogens is 428 g/mol. The van der Waals surface area contributed by atoms with Crippen molar-refractivity contribution < 1.29 is 9.59 Å². The molecule has 0 saturated carbocycles. The van der Waals surface area contributed by atoms with Gasteiger partial charge in [0.15, 0.2) is 4.34 Å². The smallest absolute Gasteiger partial charge is 0.258 e. The Hall–Kier alpha value is -3.23. The van der Waals surface area contributed by atoms with E-state index in [-0.39, 0.29) is 17.6 Å². The van der Waals surface area contributed by atoms with Gasteiger partial charge in [-0.1, -0.05) is 65.6 Å². The van der Waals surface area contributed by atoms with Gasteiger partial charge >= 0.3 is 0 Å². The lowest BCUT2D eigenvalue weighted by Crippen LogP contribution is -2.14. The average Bonchev–Trinajstić information content (AvgIpc) is 3.18. The fourth-order valence-electron chi connectivity index (χ4n) is 3.28. The molecule has 156 valence electrons. The molecule has 0 aliphatic rings. The van der Waals surface area contributed by atoms with Crippen LogP contribution in [0.2, 0.25) is 0 Å². The molecule has 0 aliphatic heterocycles. The molecule has 0 saturated heterocycles. The number of carbonyl (C=O) groups excluding carboxylic acids is 2. The van der Waals surface area contributed by atoms with Gasteiger partial charge in [0.1, 0.15) is 0 Å². The van der Waals surface area contributed by atoms with Crippen LogP contribution in [-0.4, -0.2) is 27.8 Å². The van der Waals surface area contributed by atoms with Crippen LogP contribution < -0.4 is 10.6 Å². The second kappa shape index (κ2) is 9.28. The van der Waals surface area contributed by atoms with Crippen molar-refractivity contribution in [3.63, 3.8) is 0 Å². The summed E-state index contributed by atoms with van der Waals surface area (Å²) in [5, 5.41) is 16.1. The molecule has 0 bridgehead atoms. The Bertz CT molecular complexity index is 1240. The number of fused-ring (bicyclic) bond motifs is 1. The SMILES string of the molecule is Cc1cc(C)cc(NC(=O)CSc2nnc(NC(=O)c3cccc4ccccc34)s2)c1. The van der Waals surface area contributed by atoms with Crippen molar-refractivity contribution in [2.75, 3.05) is 16.4 Å². The van der Waals surface area contributed by atoms with E-state index in [1.807, 2.05) is 62.4 Å². The van der Waals surface area contributed by atoms with Crippen molar-refractivity contribution >= 4 is 56.5 Å². The summed E-state index contributed by atoms with van der Waals surface area (Å²) >= 11 is 2.53. The topological polar surface area (TPSA) is 84.0 Å². The fourth-order valence-corrected chi connectivity index (χ4v) is 4.82. The second-order valence-corrected chi connectivity index (χ2v) is 9.27. The molecule has 4 rings (SSSR count). The van der Waals surface area contributed by atoms with Gasteiger partial charge in [-0.05, 0) is 53.9 Å². The highest BCUT2D eigenvalue weighted by Crippen LogP contribution is 2.27. The molecule has 3 aromatic carbocycles. The lowest BCUT2D eigenvalue weighted by atomic mass is 10.0. The van der Waals surface area contributed by atoms with Gasteiger partial charge in [0.05, 0.1) is 5.75 Å². The molecule has 1 heterocycles. The standard InChI is InChI=1S/C23H20N4O2S2/c1-14-10-15(2)12-17(11-14)24-20(28)13-30-23-27-26-22(31-23)25-21(29)19-9-5-7-16-6-3-4-8-18(16)19/h3-12H,13H2,1-2H3,(H,24,28)(H,25,26,29). The highest BCUT2D eigenvalue weighted by atomic mass is 32.2.